The highest BCUT2D eigenvalue weighted by molar-refractivity contribution is 9.11. The molecule has 0 saturated carbocycles. The zero-order valence-electron chi connectivity index (χ0n) is 11.5. The first kappa shape index (κ1) is 15.5. The first-order valence-electron chi connectivity index (χ1n) is 6.46. The van der Waals surface area contributed by atoms with Crippen molar-refractivity contribution in [1.29, 1.82) is 0 Å². The molecule has 2 nitrogen and oxygen atoms in total. The van der Waals surface area contributed by atoms with Gasteiger partial charge in [0.25, 0.3) is 0 Å². The first-order valence-corrected chi connectivity index (χ1v) is 8.05. The predicted octanol–water partition coefficient (Wildman–Crippen LogP) is 4.97. The van der Waals surface area contributed by atoms with Crippen LogP contribution >= 0.6 is 31.9 Å². The van der Waals surface area contributed by atoms with Gasteiger partial charge in [-0.2, -0.15) is 0 Å². The molecular weight excluding hydrogens is 382 g/mol. The molecule has 0 aliphatic rings. The van der Waals surface area contributed by atoms with Gasteiger partial charge in [-0.1, -0.05) is 49.6 Å². The van der Waals surface area contributed by atoms with E-state index in [1.165, 1.54) is 5.56 Å². The van der Waals surface area contributed by atoms with Gasteiger partial charge in [0, 0.05) is 14.5 Å². The van der Waals surface area contributed by atoms with Gasteiger partial charge in [0.2, 0.25) is 0 Å². The Hall–Kier alpha value is -0.840. The second-order valence-corrected chi connectivity index (χ2v) is 6.39. The molecule has 2 aromatic carbocycles. The Balaban J connectivity index is 2.49. The Morgan fingerprint density at radius 3 is 2.55 bits per heavy atom. The van der Waals surface area contributed by atoms with Gasteiger partial charge >= 0.3 is 0 Å². The minimum absolute atomic E-state index is 0.233. The van der Waals surface area contributed by atoms with Crippen LogP contribution in [-0.2, 0) is 0 Å². The summed E-state index contributed by atoms with van der Waals surface area (Å²) in [6.45, 7) is 4.66. The number of ether oxygens (including phenoxy) is 1. The lowest BCUT2D eigenvalue weighted by Crippen LogP contribution is -2.14. The molecule has 1 atom stereocenters. The third-order valence-corrected chi connectivity index (χ3v) is 4.31. The molecule has 0 spiro atoms. The molecule has 0 bridgehead atoms. The average molecular weight is 399 g/mol. The quantitative estimate of drug-likeness (QED) is 0.789. The van der Waals surface area contributed by atoms with Gasteiger partial charge in [0.05, 0.1) is 12.6 Å². The molecule has 0 aromatic heterocycles. The van der Waals surface area contributed by atoms with Crippen LogP contribution in [0.3, 0.4) is 0 Å². The highest BCUT2D eigenvalue weighted by Gasteiger charge is 2.17. The van der Waals surface area contributed by atoms with Crippen LogP contribution in [0, 0.1) is 6.92 Å². The molecule has 0 heterocycles. The van der Waals surface area contributed by atoms with Gasteiger partial charge in [-0.3, -0.25) is 0 Å². The van der Waals surface area contributed by atoms with Crippen LogP contribution < -0.4 is 10.5 Å². The molecule has 0 aliphatic carbocycles. The van der Waals surface area contributed by atoms with Crippen molar-refractivity contribution >= 4 is 31.9 Å². The van der Waals surface area contributed by atoms with E-state index in [0.717, 1.165) is 25.8 Å². The fraction of sp³-hybridized carbons (Fsp3) is 0.250. The minimum Gasteiger partial charge on any atom is -0.494 e. The Bertz CT molecular complexity index is 613. The summed E-state index contributed by atoms with van der Waals surface area (Å²) < 4.78 is 7.71. The number of hydrogen-bond donors (Lipinski definition) is 1. The van der Waals surface area contributed by atoms with Gasteiger partial charge in [0.15, 0.2) is 0 Å². The van der Waals surface area contributed by atoms with E-state index in [2.05, 4.69) is 44.8 Å². The van der Waals surface area contributed by atoms with Crippen LogP contribution in [-0.4, -0.2) is 6.61 Å². The van der Waals surface area contributed by atoms with Crippen molar-refractivity contribution in [3.05, 3.63) is 62.0 Å². The van der Waals surface area contributed by atoms with E-state index in [1.807, 2.05) is 37.3 Å². The lowest BCUT2D eigenvalue weighted by molar-refractivity contribution is 0.335. The summed E-state index contributed by atoms with van der Waals surface area (Å²) in [6, 6.07) is 11.9. The van der Waals surface area contributed by atoms with Gasteiger partial charge in [-0.15, -0.1) is 0 Å². The van der Waals surface area contributed by atoms with Crippen molar-refractivity contribution in [2.24, 2.45) is 5.73 Å². The van der Waals surface area contributed by atoms with Crippen molar-refractivity contribution in [2.75, 3.05) is 6.61 Å². The second-order valence-electron chi connectivity index (χ2n) is 4.62. The molecule has 0 radical (unpaired) electrons. The van der Waals surface area contributed by atoms with Crippen molar-refractivity contribution in [3.8, 4) is 5.75 Å². The summed E-state index contributed by atoms with van der Waals surface area (Å²) in [5.74, 6) is 0.845. The van der Waals surface area contributed by atoms with Crippen molar-refractivity contribution in [3.63, 3.8) is 0 Å². The number of benzene rings is 2. The van der Waals surface area contributed by atoms with Crippen LogP contribution in [0.25, 0.3) is 0 Å². The SMILES string of the molecule is CCOc1ccc(C)cc1C(N)c1cc(Br)ccc1Br. The van der Waals surface area contributed by atoms with Crippen molar-refractivity contribution < 1.29 is 4.74 Å². The summed E-state index contributed by atoms with van der Waals surface area (Å²) in [5.41, 5.74) is 9.66. The fourth-order valence-corrected chi connectivity index (χ4v) is 2.99. The van der Waals surface area contributed by atoms with E-state index in [-0.39, 0.29) is 6.04 Å². The Morgan fingerprint density at radius 2 is 1.85 bits per heavy atom. The van der Waals surface area contributed by atoms with Gasteiger partial charge < -0.3 is 10.5 Å². The molecule has 0 fully saturated rings. The number of nitrogens with two attached hydrogens (primary N) is 1. The monoisotopic (exact) mass is 397 g/mol. The summed E-state index contributed by atoms with van der Waals surface area (Å²) >= 11 is 7.06. The largest absolute Gasteiger partial charge is 0.494 e. The number of halogens is 2. The third kappa shape index (κ3) is 3.43. The van der Waals surface area contributed by atoms with Crippen LogP contribution in [0.15, 0.2) is 45.3 Å². The van der Waals surface area contributed by atoms with Crippen molar-refractivity contribution in [2.45, 2.75) is 19.9 Å². The van der Waals surface area contributed by atoms with Gasteiger partial charge in [-0.05, 0) is 43.7 Å². The summed E-state index contributed by atoms with van der Waals surface area (Å²) in [4.78, 5) is 0. The van der Waals surface area contributed by atoms with E-state index in [9.17, 15) is 0 Å². The molecule has 4 heteroatoms. The number of aryl methyl sites for hydroxylation is 1. The first-order chi connectivity index (χ1) is 9.52. The smallest absolute Gasteiger partial charge is 0.124 e. The number of rotatable bonds is 4. The summed E-state index contributed by atoms with van der Waals surface area (Å²) in [7, 11) is 0. The Labute approximate surface area is 136 Å². The molecule has 2 aromatic rings. The van der Waals surface area contributed by atoms with E-state index in [4.69, 9.17) is 10.5 Å². The van der Waals surface area contributed by atoms with Crippen LogP contribution in [0.2, 0.25) is 0 Å². The third-order valence-electron chi connectivity index (χ3n) is 3.09. The molecule has 1 unspecified atom stereocenters. The summed E-state index contributed by atoms with van der Waals surface area (Å²) in [6.07, 6.45) is 0. The lowest BCUT2D eigenvalue weighted by Gasteiger charge is -2.19. The standard InChI is InChI=1S/C16H17Br2NO/c1-3-20-15-7-4-10(2)8-13(15)16(19)12-9-11(17)5-6-14(12)18/h4-9,16H,3,19H2,1-2H3. The maximum absolute atomic E-state index is 6.46. The Morgan fingerprint density at radius 1 is 1.10 bits per heavy atom. The highest BCUT2D eigenvalue weighted by atomic mass is 79.9. The zero-order valence-corrected chi connectivity index (χ0v) is 14.7. The van der Waals surface area contributed by atoms with Crippen LogP contribution in [0.1, 0.15) is 29.7 Å². The van der Waals surface area contributed by atoms with E-state index >= 15 is 0 Å². The molecule has 2 rings (SSSR count). The highest BCUT2D eigenvalue weighted by Crippen LogP contribution is 2.34. The fourth-order valence-electron chi connectivity index (χ4n) is 2.12. The topological polar surface area (TPSA) is 35.2 Å². The Kier molecular flexibility index (Phi) is 5.24. The van der Waals surface area contributed by atoms with Crippen LogP contribution in [0.4, 0.5) is 0 Å². The van der Waals surface area contributed by atoms with E-state index in [0.29, 0.717) is 6.61 Å². The summed E-state index contributed by atoms with van der Waals surface area (Å²) in [5, 5.41) is 0. The molecule has 0 saturated heterocycles. The van der Waals surface area contributed by atoms with Crippen molar-refractivity contribution in [1.82, 2.24) is 0 Å². The second kappa shape index (κ2) is 6.74. The normalized spacial score (nSPS) is 12.2. The maximum atomic E-state index is 6.46. The predicted molar refractivity (Wildman–Crippen MR) is 90.2 cm³/mol. The molecule has 0 aliphatic heterocycles. The molecule has 106 valence electrons. The number of hydrogen-bond acceptors (Lipinski definition) is 2. The molecular formula is C16H17Br2NO. The maximum Gasteiger partial charge on any atom is 0.124 e. The minimum atomic E-state index is -0.233. The van der Waals surface area contributed by atoms with E-state index in [1.54, 1.807) is 0 Å². The molecule has 0 amide bonds. The molecule has 2 N–H and O–H groups in total. The zero-order chi connectivity index (χ0) is 14.7. The average Bonchev–Trinajstić information content (AvgIpc) is 2.43. The van der Waals surface area contributed by atoms with Gasteiger partial charge in [0.1, 0.15) is 5.75 Å². The van der Waals surface area contributed by atoms with Crippen LogP contribution in [0.5, 0.6) is 5.75 Å². The lowest BCUT2D eigenvalue weighted by atomic mass is 9.97. The van der Waals surface area contributed by atoms with E-state index < -0.39 is 0 Å². The molecule has 20 heavy (non-hydrogen) atoms. The van der Waals surface area contributed by atoms with Gasteiger partial charge in [-0.25, -0.2) is 0 Å².